The van der Waals surface area contributed by atoms with E-state index in [0.29, 0.717) is 30.0 Å². The zero-order chi connectivity index (χ0) is 15.1. The van der Waals surface area contributed by atoms with Crippen molar-refractivity contribution in [2.75, 3.05) is 33.9 Å². The maximum atomic E-state index is 6.21. The van der Waals surface area contributed by atoms with Gasteiger partial charge in [-0.1, -0.05) is 17.7 Å². The predicted molar refractivity (Wildman–Crippen MR) is 83.5 cm³/mol. The molecule has 0 amide bonds. The average molecular weight is 301 g/mol. The second-order valence-electron chi connectivity index (χ2n) is 4.97. The molecule has 0 spiro atoms. The van der Waals surface area contributed by atoms with Crippen LogP contribution in [0.3, 0.4) is 0 Å². The van der Waals surface area contributed by atoms with Crippen molar-refractivity contribution in [3.05, 3.63) is 28.8 Å². The average Bonchev–Trinajstić information content (AvgIpc) is 2.43. The molecule has 0 aliphatic rings. The standard InChI is InChI=1S/C15H25ClN2O2/c1-11(2)18(7-8-19-3)14(10-17)12-5-6-15(20-4)13(16)9-12/h5-6,9,11,14H,7-8,10,17H2,1-4H3. The molecule has 0 saturated heterocycles. The van der Waals surface area contributed by atoms with Crippen LogP contribution in [0.4, 0.5) is 0 Å². The van der Waals surface area contributed by atoms with Gasteiger partial charge in [0.2, 0.25) is 0 Å². The minimum Gasteiger partial charge on any atom is -0.495 e. The lowest BCUT2D eigenvalue weighted by molar-refractivity contribution is 0.0979. The summed E-state index contributed by atoms with van der Waals surface area (Å²) in [5.74, 6) is 0.680. The summed E-state index contributed by atoms with van der Waals surface area (Å²) >= 11 is 6.21. The van der Waals surface area contributed by atoms with E-state index in [2.05, 4.69) is 18.7 Å². The number of hydrogen-bond donors (Lipinski definition) is 1. The molecule has 1 atom stereocenters. The van der Waals surface area contributed by atoms with E-state index in [1.54, 1.807) is 14.2 Å². The van der Waals surface area contributed by atoms with E-state index in [0.717, 1.165) is 12.1 Å². The molecular weight excluding hydrogens is 276 g/mol. The van der Waals surface area contributed by atoms with Crippen molar-refractivity contribution in [3.8, 4) is 5.75 Å². The molecule has 0 heterocycles. The van der Waals surface area contributed by atoms with Crippen molar-refractivity contribution in [2.45, 2.75) is 25.9 Å². The highest BCUT2D eigenvalue weighted by molar-refractivity contribution is 6.32. The lowest BCUT2D eigenvalue weighted by Gasteiger charge is -2.34. The predicted octanol–water partition coefficient (Wildman–Crippen LogP) is 2.71. The first kappa shape index (κ1) is 17.2. The summed E-state index contributed by atoms with van der Waals surface area (Å²) in [6.07, 6.45) is 0. The number of nitrogens with zero attached hydrogens (tertiary/aromatic N) is 1. The molecule has 0 aromatic heterocycles. The van der Waals surface area contributed by atoms with Crippen molar-refractivity contribution in [1.82, 2.24) is 4.90 Å². The van der Waals surface area contributed by atoms with Gasteiger partial charge in [-0.3, -0.25) is 4.90 Å². The van der Waals surface area contributed by atoms with Crippen LogP contribution in [0.5, 0.6) is 5.75 Å². The number of benzene rings is 1. The Kier molecular flexibility index (Phi) is 7.30. The molecule has 20 heavy (non-hydrogen) atoms. The minimum absolute atomic E-state index is 0.119. The fraction of sp³-hybridized carbons (Fsp3) is 0.600. The topological polar surface area (TPSA) is 47.7 Å². The fourth-order valence-electron chi connectivity index (χ4n) is 2.32. The number of rotatable bonds is 8. The largest absolute Gasteiger partial charge is 0.495 e. The molecule has 0 fully saturated rings. The van der Waals surface area contributed by atoms with E-state index >= 15 is 0 Å². The van der Waals surface area contributed by atoms with E-state index in [4.69, 9.17) is 26.8 Å². The normalized spacial score (nSPS) is 13.0. The van der Waals surface area contributed by atoms with Crippen LogP contribution in [0.2, 0.25) is 5.02 Å². The number of ether oxygens (including phenoxy) is 2. The number of methoxy groups -OCH3 is 2. The summed E-state index contributed by atoms with van der Waals surface area (Å²) in [5.41, 5.74) is 7.08. The monoisotopic (exact) mass is 300 g/mol. The summed E-state index contributed by atoms with van der Waals surface area (Å²) < 4.78 is 10.4. The molecule has 1 unspecified atom stereocenters. The zero-order valence-corrected chi connectivity index (χ0v) is 13.5. The van der Waals surface area contributed by atoms with E-state index in [-0.39, 0.29) is 6.04 Å². The van der Waals surface area contributed by atoms with Crippen LogP contribution in [0.1, 0.15) is 25.5 Å². The van der Waals surface area contributed by atoms with Gasteiger partial charge < -0.3 is 15.2 Å². The molecule has 5 heteroatoms. The summed E-state index contributed by atoms with van der Waals surface area (Å²) in [5, 5.41) is 0.610. The minimum atomic E-state index is 0.119. The third kappa shape index (κ3) is 4.35. The van der Waals surface area contributed by atoms with E-state index < -0.39 is 0 Å². The molecule has 4 nitrogen and oxygen atoms in total. The van der Waals surface area contributed by atoms with Gasteiger partial charge in [0.05, 0.1) is 18.7 Å². The maximum Gasteiger partial charge on any atom is 0.137 e. The Hall–Kier alpha value is -0.810. The van der Waals surface area contributed by atoms with Gasteiger partial charge in [-0.2, -0.15) is 0 Å². The SMILES string of the molecule is COCCN(C(C)C)C(CN)c1ccc(OC)c(Cl)c1. The Balaban J connectivity index is 3.00. The molecule has 0 aliphatic heterocycles. The molecular formula is C15H25ClN2O2. The van der Waals surface area contributed by atoms with Crippen molar-refractivity contribution in [1.29, 1.82) is 0 Å². The summed E-state index contributed by atoms with van der Waals surface area (Å²) in [4.78, 5) is 2.32. The van der Waals surface area contributed by atoms with Crippen LogP contribution in [0.15, 0.2) is 18.2 Å². The Morgan fingerprint density at radius 1 is 1.30 bits per heavy atom. The second-order valence-corrected chi connectivity index (χ2v) is 5.38. The van der Waals surface area contributed by atoms with Crippen LogP contribution in [-0.2, 0) is 4.74 Å². The van der Waals surface area contributed by atoms with Crippen molar-refractivity contribution in [2.24, 2.45) is 5.73 Å². The first-order valence-corrected chi connectivity index (χ1v) is 7.21. The van der Waals surface area contributed by atoms with Crippen molar-refractivity contribution >= 4 is 11.6 Å². The third-order valence-corrected chi connectivity index (χ3v) is 3.70. The molecule has 114 valence electrons. The summed E-state index contributed by atoms with van der Waals surface area (Å²) in [7, 11) is 3.32. The quantitative estimate of drug-likeness (QED) is 0.802. The van der Waals surface area contributed by atoms with Gasteiger partial charge in [-0.25, -0.2) is 0 Å². The highest BCUT2D eigenvalue weighted by Crippen LogP contribution is 2.30. The molecule has 0 radical (unpaired) electrons. The van der Waals surface area contributed by atoms with E-state index in [9.17, 15) is 0 Å². The zero-order valence-electron chi connectivity index (χ0n) is 12.7. The van der Waals surface area contributed by atoms with Gasteiger partial charge in [0.1, 0.15) is 5.75 Å². The Morgan fingerprint density at radius 3 is 2.45 bits per heavy atom. The molecule has 1 rings (SSSR count). The van der Waals surface area contributed by atoms with Crippen LogP contribution in [0, 0.1) is 0 Å². The summed E-state index contributed by atoms with van der Waals surface area (Å²) in [6, 6.07) is 6.33. The molecule has 1 aromatic carbocycles. The third-order valence-electron chi connectivity index (χ3n) is 3.40. The smallest absolute Gasteiger partial charge is 0.137 e. The molecule has 0 saturated carbocycles. The van der Waals surface area contributed by atoms with Gasteiger partial charge in [0, 0.05) is 32.3 Å². The fourth-order valence-corrected chi connectivity index (χ4v) is 2.59. The van der Waals surface area contributed by atoms with Crippen LogP contribution < -0.4 is 10.5 Å². The van der Waals surface area contributed by atoms with Gasteiger partial charge in [-0.15, -0.1) is 0 Å². The van der Waals surface area contributed by atoms with Crippen LogP contribution in [0.25, 0.3) is 0 Å². The Bertz CT molecular complexity index is 413. The van der Waals surface area contributed by atoms with Gasteiger partial charge in [-0.05, 0) is 31.5 Å². The lowest BCUT2D eigenvalue weighted by Crippen LogP contribution is -2.40. The molecule has 1 aromatic rings. The first-order chi connectivity index (χ1) is 9.54. The molecule has 0 bridgehead atoms. The van der Waals surface area contributed by atoms with Crippen molar-refractivity contribution in [3.63, 3.8) is 0 Å². The van der Waals surface area contributed by atoms with Gasteiger partial charge >= 0.3 is 0 Å². The molecule has 2 N–H and O–H groups in total. The second kappa shape index (κ2) is 8.47. The van der Waals surface area contributed by atoms with E-state index in [1.165, 1.54) is 0 Å². The summed E-state index contributed by atoms with van der Waals surface area (Å²) in [6.45, 7) is 6.36. The molecule has 0 aliphatic carbocycles. The highest BCUT2D eigenvalue weighted by atomic mass is 35.5. The first-order valence-electron chi connectivity index (χ1n) is 6.83. The number of hydrogen-bond acceptors (Lipinski definition) is 4. The van der Waals surface area contributed by atoms with E-state index in [1.807, 2.05) is 18.2 Å². The maximum absolute atomic E-state index is 6.21. The van der Waals surface area contributed by atoms with Crippen LogP contribution in [-0.4, -0.2) is 44.9 Å². The Morgan fingerprint density at radius 2 is 2.00 bits per heavy atom. The Labute approximate surface area is 126 Å². The van der Waals surface area contributed by atoms with Crippen LogP contribution >= 0.6 is 11.6 Å². The van der Waals surface area contributed by atoms with Gasteiger partial charge in [0.15, 0.2) is 0 Å². The lowest BCUT2D eigenvalue weighted by atomic mass is 10.0. The number of nitrogens with two attached hydrogens (primary N) is 1. The van der Waals surface area contributed by atoms with Crippen molar-refractivity contribution < 1.29 is 9.47 Å². The number of halogens is 1. The van der Waals surface area contributed by atoms with Gasteiger partial charge in [0.25, 0.3) is 0 Å². The highest BCUT2D eigenvalue weighted by Gasteiger charge is 2.22.